The first-order valence-corrected chi connectivity index (χ1v) is 8.07. The van der Waals surface area contributed by atoms with Crippen molar-refractivity contribution in [3.63, 3.8) is 0 Å². The van der Waals surface area contributed by atoms with Gasteiger partial charge in [-0.3, -0.25) is 4.79 Å². The van der Waals surface area contributed by atoms with Crippen molar-refractivity contribution >= 4 is 17.5 Å². The molecule has 1 fully saturated rings. The van der Waals surface area contributed by atoms with E-state index in [-0.39, 0.29) is 19.1 Å². The lowest BCUT2D eigenvalue weighted by Crippen LogP contribution is -2.44. The number of benzene rings is 1. The van der Waals surface area contributed by atoms with Crippen molar-refractivity contribution < 1.29 is 14.6 Å². The highest BCUT2D eigenvalue weighted by Gasteiger charge is 2.30. The number of carbonyl (C=O) groups is 1. The Balaban J connectivity index is 1.79. The predicted molar refractivity (Wildman–Crippen MR) is 87.0 cm³/mol. The molecular formula is C17H24ClNO3. The fourth-order valence-corrected chi connectivity index (χ4v) is 2.34. The van der Waals surface area contributed by atoms with E-state index in [1.54, 1.807) is 12.1 Å². The Bertz CT molecular complexity index is 514. The molecule has 0 aliphatic heterocycles. The summed E-state index contributed by atoms with van der Waals surface area (Å²) >= 11 is 5.98. The number of carbonyl (C=O) groups excluding carboxylic acids is 1. The fraction of sp³-hybridized carbons (Fsp3) is 0.588. The molecule has 5 heteroatoms. The summed E-state index contributed by atoms with van der Waals surface area (Å²) in [6.07, 6.45) is 1.76. The molecule has 0 spiro atoms. The fourth-order valence-electron chi connectivity index (χ4n) is 2.15. The standard InChI is InChI=1S/C17H24ClNO3/c1-17(2,13-4-3-5-14(18)8-13)16(21)19-9-15(20)11-22-10-12-6-7-12/h3-5,8,12,15,20H,6-7,9-11H2,1-2H3,(H,19,21). The number of nitrogens with one attached hydrogen (secondary N) is 1. The number of halogens is 1. The average Bonchev–Trinajstić information content (AvgIpc) is 3.29. The van der Waals surface area contributed by atoms with Gasteiger partial charge in [0.15, 0.2) is 0 Å². The largest absolute Gasteiger partial charge is 0.389 e. The lowest BCUT2D eigenvalue weighted by atomic mass is 9.83. The van der Waals surface area contributed by atoms with Gasteiger partial charge in [-0.25, -0.2) is 0 Å². The van der Waals surface area contributed by atoms with E-state index in [1.807, 2.05) is 26.0 Å². The molecule has 4 nitrogen and oxygen atoms in total. The minimum atomic E-state index is -0.709. The smallest absolute Gasteiger partial charge is 0.230 e. The van der Waals surface area contributed by atoms with Crippen LogP contribution in [-0.4, -0.2) is 36.9 Å². The van der Waals surface area contributed by atoms with E-state index in [0.717, 1.165) is 5.56 Å². The van der Waals surface area contributed by atoms with Gasteiger partial charge in [-0.15, -0.1) is 0 Å². The summed E-state index contributed by atoms with van der Waals surface area (Å²) in [6, 6.07) is 7.27. The van der Waals surface area contributed by atoms with Crippen LogP contribution in [0, 0.1) is 5.92 Å². The molecule has 2 rings (SSSR count). The molecule has 1 aromatic rings. The molecule has 1 atom stereocenters. The Morgan fingerprint density at radius 2 is 2.23 bits per heavy atom. The molecule has 0 radical (unpaired) electrons. The van der Waals surface area contributed by atoms with Gasteiger partial charge in [0.25, 0.3) is 0 Å². The number of hydrogen-bond donors (Lipinski definition) is 2. The van der Waals surface area contributed by atoms with Crippen molar-refractivity contribution in [1.29, 1.82) is 0 Å². The highest BCUT2D eigenvalue weighted by atomic mass is 35.5. The number of aliphatic hydroxyl groups excluding tert-OH is 1. The number of ether oxygens (including phenoxy) is 1. The van der Waals surface area contributed by atoms with E-state index in [4.69, 9.17) is 16.3 Å². The summed E-state index contributed by atoms with van der Waals surface area (Å²) in [5.41, 5.74) is 0.136. The Labute approximate surface area is 136 Å². The second kappa shape index (κ2) is 7.44. The van der Waals surface area contributed by atoms with Crippen molar-refractivity contribution in [3.8, 4) is 0 Å². The SMILES string of the molecule is CC(C)(C(=O)NCC(O)COCC1CC1)c1cccc(Cl)c1. The third-order valence-electron chi connectivity index (χ3n) is 3.97. The highest BCUT2D eigenvalue weighted by Crippen LogP contribution is 2.28. The van der Waals surface area contributed by atoms with Crippen LogP contribution in [0.15, 0.2) is 24.3 Å². The molecule has 1 aromatic carbocycles. The molecule has 2 N–H and O–H groups in total. The van der Waals surface area contributed by atoms with Gasteiger partial charge in [0.1, 0.15) is 0 Å². The molecule has 22 heavy (non-hydrogen) atoms. The second-order valence-corrected chi connectivity index (χ2v) is 6.92. The molecular weight excluding hydrogens is 302 g/mol. The Hall–Kier alpha value is -1.10. The second-order valence-electron chi connectivity index (χ2n) is 6.48. The summed E-state index contributed by atoms with van der Waals surface area (Å²) in [6.45, 7) is 4.83. The van der Waals surface area contributed by atoms with Crippen LogP contribution in [0.4, 0.5) is 0 Å². The van der Waals surface area contributed by atoms with Crippen molar-refractivity contribution in [1.82, 2.24) is 5.32 Å². The minimum Gasteiger partial charge on any atom is -0.389 e. The summed E-state index contributed by atoms with van der Waals surface area (Å²) in [5, 5.41) is 13.2. The van der Waals surface area contributed by atoms with Crippen LogP contribution in [0.25, 0.3) is 0 Å². The predicted octanol–water partition coefficient (Wildman–Crippen LogP) is 2.52. The first kappa shape index (κ1) is 17.3. The summed E-state index contributed by atoms with van der Waals surface area (Å²) in [4.78, 5) is 12.4. The molecule has 0 heterocycles. The highest BCUT2D eigenvalue weighted by molar-refractivity contribution is 6.30. The van der Waals surface area contributed by atoms with E-state index in [9.17, 15) is 9.90 Å². The van der Waals surface area contributed by atoms with Crippen LogP contribution in [0.3, 0.4) is 0 Å². The van der Waals surface area contributed by atoms with Gasteiger partial charge in [-0.05, 0) is 50.3 Å². The summed E-state index contributed by atoms with van der Waals surface area (Å²) < 4.78 is 5.42. The first-order chi connectivity index (χ1) is 10.4. The first-order valence-electron chi connectivity index (χ1n) is 7.69. The molecule has 0 bridgehead atoms. The van der Waals surface area contributed by atoms with E-state index in [2.05, 4.69) is 5.32 Å². The molecule has 122 valence electrons. The Morgan fingerprint density at radius 1 is 1.50 bits per heavy atom. The average molecular weight is 326 g/mol. The van der Waals surface area contributed by atoms with Crippen LogP contribution in [0.5, 0.6) is 0 Å². The molecule has 1 aliphatic rings. The van der Waals surface area contributed by atoms with Crippen LogP contribution < -0.4 is 5.32 Å². The van der Waals surface area contributed by atoms with Gasteiger partial charge in [0.2, 0.25) is 5.91 Å². The van der Waals surface area contributed by atoms with E-state index in [0.29, 0.717) is 17.5 Å². The molecule has 1 amide bonds. The van der Waals surface area contributed by atoms with Crippen LogP contribution in [0.2, 0.25) is 5.02 Å². The van der Waals surface area contributed by atoms with Gasteiger partial charge in [0, 0.05) is 18.2 Å². The number of amides is 1. The third-order valence-corrected chi connectivity index (χ3v) is 4.21. The normalized spacial score (nSPS) is 16.4. The third kappa shape index (κ3) is 4.97. The molecule has 1 saturated carbocycles. The van der Waals surface area contributed by atoms with Gasteiger partial charge in [-0.1, -0.05) is 23.7 Å². The van der Waals surface area contributed by atoms with E-state index < -0.39 is 11.5 Å². The van der Waals surface area contributed by atoms with Gasteiger partial charge < -0.3 is 15.2 Å². The Morgan fingerprint density at radius 3 is 2.86 bits per heavy atom. The summed E-state index contributed by atoms with van der Waals surface area (Å²) in [7, 11) is 0. The monoisotopic (exact) mass is 325 g/mol. The number of hydrogen-bond acceptors (Lipinski definition) is 3. The maximum atomic E-state index is 12.4. The zero-order valence-corrected chi connectivity index (χ0v) is 13.9. The maximum absolute atomic E-state index is 12.4. The van der Waals surface area contributed by atoms with Crippen molar-refractivity contribution in [3.05, 3.63) is 34.9 Å². The van der Waals surface area contributed by atoms with Gasteiger partial charge >= 0.3 is 0 Å². The minimum absolute atomic E-state index is 0.143. The zero-order valence-electron chi connectivity index (χ0n) is 13.1. The lowest BCUT2D eigenvalue weighted by molar-refractivity contribution is -0.126. The van der Waals surface area contributed by atoms with Crippen molar-refractivity contribution in [2.45, 2.75) is 38.2 Å². The maximum Gasteiger partial charge on any atom is 0.230 e. The molecule has 0 aromatic heterocycles. The van der Waals surface area contributed by atoms with E-state index >= 15 is 0 Å². The quantitative estimate of drug-likeness (QED) is 0.772. The zero-order chi connectivity index (χ0) is 16.2. The van der Waals surface area contributed by atoms with Crippen molar-refractivity contribution in [2.24, 2.45) is 5.92 Å². The molecule has 0 saturated heterocycles. The van der Waals surface area contributed by atoms with Gasteiger partial charge in [0.05, 0.1) is 18.1 Å². The summed E-state index contributed by atoms with van der Waals surface area (Å²) in [5.74, 6) is 0.527. The topological polar surface area (TPSA) is 58.6 Å². The number of rotatable bonds is 8. The van der Waals surface area contributed by atoms with Crippen LogP contribution >= 0.6 is 11.6 Å². The lowest BCUT2D eigenvalue weighted by Gasteiger charge is -2.25. The Kier molecular flexibility index (Phi) is 5.84. The van der Waals surface area contributed by atoms with Crippen molar-refractivity contribution in [2.75, 3.05) is 19.8 Å². The molecule has 1 unspecified atom stereocenters. The van der Waals surface area contributed by atoms with Gasteiger partial charge in [-0.2, -0.15) is 0 Å². The molecule has 1 aliphatic carbocycles. The van der Waals surface area contributed by atoms with Crippen LogP contribution in [-0.2, 0) is 14.9 Å². The van der Waals surface area contributed by atoms with E-state index in [1.165, 1.54) is 12.8 Å². The number of aliphatic hydroxyl groups is 1. The van der Waals surface area contributed by atoms with Crippen LogP contribution in [0.1, 0.15) is 32.3 Å².